The van der Waals surface area contributed by atoms with E-state index in [0.29, 0.717) is 26.2 Å². The molecule has 0 aromatic rings. The summed E-state index contributed by atoms with van der Waals surface area (Å²) in [5.74, 6) is 1.15. The Balaban J connectivity index is 3.90. The molecule has 0 fully saturated rings. The van der Waals surface area contributed by atoms with Crippen LogP contribution in [0.25, 0.3) is 0 Å². The molecule has 0 bridgehead atoms. The second-order valence-electron chi connectivity index (χ2n) is 3.30. The molecule has 0 saturated carbocycles. The highest BCUT2D eigenvalue weighted by Gasteiger charge is 2.18. The van der Waals surface area contributed by atoms with Gasteiger partial charge in [0.05, 0.1) is 26.9 Å². The fraction of sp³-hybridized carbons (Fsp3) is 0.727. The van der Waals surface area contributed by atoms with Crippen molar-refractivity contribution < 1.29 is 23.1 Å². The predicted molar refractivity (Wildman–Crippen MR) is 69.5 cm³/mol. The van der Waals surface area contributed by atoms with Crippen LogP contribution in [-0.2, 0) is 23.1 Å². The van der Waals surface area contributed by atoms with Crippen LogP contribution in [-0.4, -0.2) is 39.4 Å². The maximum absolute atomic E-state index is 12.0. The van der Waals surface area contributed by atoms with Crippen LogP contribution in [0.2, 0.25) is 0 Å². The summed E-state index contributed by atoms with van der Waals surface area (Å²) in [5, 5.41) is 2.89. The van der Waals surface area contributed by atoms with Gasteiger partial charge in [0.15, 0.2) is 0 Å². The van der Waals surface area contributed by atoms with Gasteiger partial charge in [-0.1, -0.05) is 6.08 Å². The van der Waals surface area contributed by atoms with Crippen molar-refractivity contribution in [3.05, 3.63) is 11.9 Å². The number of hydrogen-bond donors (Lipinski definition) is 1. The molecule has 7 heteroatoms. The highest BCUT2D eigenvalue weighted by Crippen LogP contribution is 2.49. The smallest absolute Gasteiger partial charge is 0.353 e. The van der Waals surface area contributed by atoms with Crippen molar-refractivity contribution in [1.29, 1.82) is 0 Å². The van der Waals surface area contributed by atoms with Crippen LogP contribution < -0.4 is 5.32 Å². The van der Waals surface area contributed by atoms with Gasteiger partial charge in [-0.05, 0) is 26.8 Å². The third-order valence-electron chi connectivity index (χ3n) is 1.89. The molecule has 0 rings (SSSR count). The summed E-state index contributed by atoms with van der Waals surface area (Å²) in [7, 11) is -1.76. The third kappa shape index (κ3) is 8.42. The SMILES string of the molecule is CCOP(=O)(/C=C/CCNCC(=O)OC)OCC. The molecule has 0 aliphatic rings. The maximum Gasteiger partial charge on any atom is 0.353 e. The number of methoxy groups -OCH3 is 1. The van der Waals surface area contributed by atoms with Crippen LogP contribution in [0.1, 0.15) is 20.3 Å². The van der Waals surface area contributed by atoms with Gasteiger partial charge in [-0.2, -0.15) is 0 Å². The van der Waals surface area contributed by atoms with Crippen LogP contribution in [0.4, 0.5) is 0 Å². The van der Waals surface area contributed by atoms with Crippen molar-refractivity contribution in [2.45, 2.75) is 20.3 Å². The molecule has 6 nitrogen and oxygen atoms in total. The van der Waals surface area contributed by atoms with Gasteiger partial charge in [-0.15, -0.1) is 0 Å². The van der Waals surface area contributed by atoms with Crippen molar-refractivity contribution in [3.8, 4) is 0 Å². The molecule has 0 aromatic carbocycles. The zero-order chi connectivity index (χ0) is 13.9. The Hall–Kier alpha value is -0.680. The van der Waals surface area contributed by atoms with E-state index < -0.39 is 7.60 Å². The van der Waals surface area contributed by atoms with E-state index in [0.717, 1.165) is 0 Å². The summed E-state index contributed by atoms with van der Waals surface area (Å²) < 4.78 is 26.6. The number of nitrogens with one attached hydrogen (secondary N) is 1. The van der Waals surface area contributed by atoms with Gasteiger partial charge >= 0.3 is 13.6 Å². The first-order chi connectivity index (χ1) is 8.58. The topological polar surface area (TPSA) is 73.9 Å². The van der Waals surface area contributed by atoms with Gasteiger partial charge < -0.3 is 19.1 Å². The molecule has 0 radical (unpaired) electrons. The molecule has 0 aliphatic heterocycles. The summed E-state index contributed by atoms with van der Waals surface area (Å²) >= 11 is 0. The van der Waals surface area contributed by atoms with E-state index in [-0.39, 0.29) is 12.5 Å². The second-order valence-corrected chi connectivity index (χ2v) is 5.20. The van der Waals surface area contributed by atoms with Crippen LogP contribution in [0, 0.1) is 0 Å². The van der Waals surface area contributed by atoms with Gasteiger partial charge in [0, 0.05) is 5.82 Å². The summed E-state index contributed by atoms with van der Waals surface area (Å²) in [6, 6.07) is 0. The molecule has 0 spiro atoms. The molecule has 106 valence electrons. The number of carbonyl (C=O) groups is 1. The number of hydrogen-bond acceptors (Lipinski definition) is 6. The van der Waals surface area contributed by atoms with Gasteiger partial charge in [0.25, 0.3) is 0 Å². The van der Waals surface area contributed by atoms with Crippen molar-refractivity contribution in [1.82, 2.24) is 5.32 Å². The average molecular weight is 279 g/mol. The lowest BCUT2D eigenvalue weighted by molar-refractivity contribution is -0.139. The minimum Gasteiger partial charge on any atom is -0.468 e. The Morgan fingerprint density at radius 2 is 1.89 bits per heavy atom. The highest BCUT2D eigenvalue weighted by atomic mass is 31.2. The van der Waals surface area contributed by atoms with Crippen molar-refractivity contribution in [2.24, 2.45) is 0 Å². The van der Waals surface area contributed by atoms with Crippen LogP contribution >= 0.6 is 7.60 Å². The van der Waals surface area contributed by atoms with Gasteiger partial charge in [0.1, 0.15) is 0 Å². The number of esters is 1. The molecular weight excluding hydrogens is 257 g/mol. The van der Waals surface area contributed by atoms with E-state index in [2.05, 4.69) is 10.1 Å². The predicted octanol–water partition coefficient (Wildman–Crippen LogP) is 1.92. The summed E-state index contributed by atoms with van der Waals surface area (Å²) in [4.78, 5) is 10.8. The van der Waals surface area contributed by atoms with E-state index in [1.807, 2.05) is 0 Å². The largest absolute Gasteiger partial charge is 0.468 e. The van der Waals surface area contributed by atoms with E-state index in [1.54, 1.807) is 19.9 Å². The molecular formula is C11H22NO5P. The lowest BCUT2D eigenvalue weighted by Gasteiger charge is -2.12. The van der Waals surface area contributed by atoms with Crippen LogP contribution in [0.5, 0.6) is 0 Å². The first kappa shape index (κ1) is 17.3. The highest BCUT2D eigenvalue weighted by molar-refractivity contribution is 7.57. The summed E-state index contributed by atoms with van der Waals surface area (Å²) in [6.45, 7) is 4.95. The van der Waals surface area contributed by atoms with Crippen LogP contribution in [0.15, 0.2) is 11.9 Å². The Morgan fingerprint density at radius 1 is 1.28 bits per heavy atom. The van der Waals surface area contributed by atoms with Crippen molar-refractivity contribution in [2.75, 3.05) is 33.4 Å². The molecule has 1 N–H and O–H groups in total. The molecule has 0 heterocycles. The normalized spacial score (nSPS) is 11.9. The second kappa shape index (κ2) is 10.3. The van der Waals surface area contributed by atoms with Gasteiger partial charge in [-0.3, -0.25) is 9.36 Å². The molecule has 0 atom stereocenters. The Labute approximate surface area is 108 Å². The average Bonchev–Trinajstić information content (AvgIpc) is 2.33. The first-order valence-corrected chi connectivity index (χ1v) is 7.53. The van der Waals surface area contributed by atoms with E-state index in [4.69, 9.17) is 9.05 Å². The first-order valence-electron chi connectivity index (χ1n) is 5.92. The quantitative estimate of drug-likeness (QED) is 0.374. The fourth-order valence-electron chi connectivity index (χ4n) is 1.13. The number of carbonyl (C=O) groups excluding carboxylic acids is 1. The molecule has 0 saturated heterocycles. The fourth-order valence-corrected chi connectivity index (χ4v) is 2.51. The number of ether oxygens (including phenoxy) is 1. The van der Waals surface area contributed by atoms with Crippen molar-refractivity contribution in [3.63, 3.8) is 0 Å². The Bertz CT molecular complexity index is 296. The minimum absolute atomic E-state index is 0.166. The zero-order valence-corrected chi connectivity index (χ0v) is 12.1. The van der Waals surface area contributed by atoms with E-state index in [1.165, 1.54) is 12.9 Å². The monoisotopic (exact) mass is 279 g/mol. The Morgan fingerprint density at radius 3 is 2.39 bits per heavy atom. The van der Waals surface area contributed by atoms with Gasteiger partial charge in [-0.25, -0.2) is 0 Å². The van der Waals surface area contributed by atoms with Crippen LogP contribution in [0.3, 0.4) is 0 Å². The molecule has 0 amide bonds. The maximum atomic E-state index is 12.0. The molecule has 18 heavy (non-hydrogen) atoms. The third-order valence-corrected chi connectivity index (χ3v) is 3.70. The van der Waals surface area contributed by atoms with Crippen molar-refractivity contribution >= 4 is 13.6 Å². The van der Waals surface area contributed by atoms with Gasteiger partial charge in [0.2, 0.25) is 0 Å². The number of rotatable bonds is 10. The zero-order valence-electron chi connectivity index (χ0n) is 11.2. The van der Waals surface area contributed by atoms with E-state index >= 15 is 0 Å². The molecule has 0 unspecified atom stereocenters. The minimum atomic E-state index is -3.09. The standard InChI is InChI=1S/C11H22NO5P/c1-4-16-18(14,17-5-2)9-7-6-8-12-10-11(13)15-3/h7,9,12H,4-6,8,10H2,1-3H3/b9-7+. The lowest BCUT2D eigenvalue weighted by atomic mass is 10.4. The summed E-state index contributed by atoms with van der Waals surface area (Å²) in [6.07, 6.45) is 2.34. The molecule has 0 aromatic heterocycles. The lowest BCUT2D eigenvalue weighted by Crippen LogP contribution is -2.24. The van der Waals surface area contributed by atoms with E-state index in [9.17, 15) is 9.36 Å². The Kier molecular flexibility index (Phi) is 9.87. The summed E-state index contributed by atoms with van der Waals surface area (Å²) in [5.41, 5.74) is 0. The molecule has 0 aliphatic carbocycles.